The van der Waals surface area contributed by atoms with E-state index in [9.17, 15) is 22.8 Å². The highest BCUT2D eigenvalue weighted by molar-refractivity contribution is 7.80. The van der Waals surface area contributed by atoms with Crippen LogP contribution in [-0.4, -0.2) is 115 Å². The minimum absolute atomic E-state index is 0.0475. The van der Waals surface area contributed by atoms with Gasteiger partial charge in [-0.05, 0) is 51.6 Å². The van der Waals surface area contributed by atoms with Crippen LogP contribution in [0.15, 0.2) is 39.8 Å². The maximum absolute atomic E-state index is 13.1. The molecule has 2 fully saturated rings. The summed E-state index contributed by atoms with van der Waals surface area (Å²) in [5.41, 5.74) is 11.1. The van der Waals surface area contributed by atoms with E-state index in [-0.39, 0.29) is 47.7 Å². The fourth-order valence-corrected chi connectivity index (χ4v) is 5.86. The zero-order chi connectivity index (χ0) is 33.8. The zero-order valence-electron chi connectivity index (χ0n) is 25.4. The van der Waals surface area contributed by atoms with Gasteiger partial charge in [0.25, 0.3) is 11.8 Å². The van der Waals surface area contributed by atoms with E-state index in [4.69, 9.17) is 25.6 Å². The number of amides is 3. The maximum Gasteiger partial charge on any atom is 0.418 e. The van der Waals surface area contributed by atoms with Gasteiger partial charge in [0.2, 0.25) is 5.91 Å². The van der Waals surface area contributed by atoms with E-state index in [0.717, 1.165) is 11.3 Å². The molecule has 46 heavy (non-hydrogen) atoms. The fraction of sp³-hybridized carbons (Fsp3) is 0.462. The van der Waals surface area contributed by atoms with E-state index in [1.807, 2.05) is 11.9 Å². The lowest BCUT2D eigenvalue weighted by Gasteiger charge is -2.50. The number of aliphatic imine (C=N–C) groups is 1. The Morgan fingerprint density at radius 2 is 1.93 bits per heavy atom. The number of benzene rings is 1. The first-order chi connectivity index (χ1) is 21.6. The van der Waals surface area contributed by atoms with Crippen molar-refractivity contribution in [2.75, 3.05) is 39.6 Å². The lowest BCUT2D eigenvalue weighted by atomic mass is 9.84. The predicted octanol–water partition coefficient (Wildman–Crippen LogP) is -1.11. The summed E-state index contributed by atoms with van der Waals surface area (Å²) in [7, 11) is -1.49. The number of nitrogen functional groups attached to an aromatic ring is 1. The molecule has 250 valence electrons. The summed E-state index contributed by atoms with van der Waals surface area (Å²) >= 11 is 1.05. The molecular formula is C26H35N9O9S2. The number of carbonyl (C=O) groups excluding carboxylic acids is 3. The minimum atomic E-state index is -4.96. The van der Waals surface area contributed by atoms with Gasteiger partial charge >= 0.3 is 10.4 Å². The van der Waals surface area contributed by atoms with Gasteiger partial charge < -0.3 is 31.7 Å². The summed E-state index contributed by atoms with van der Waals surface area (Å²) in [4.78, 5) is 53.4. The standard InChI is InChI=1S/C26H35N9O9S2/c1-26(2)20(24(38)35(26)44-46(39,40)41)32-23(37)19(17-13-45-25(28)31-17)33-43-10-9-42-16-7-5-14(6-8-16)21(27)30-15-11-18(22(36)29-3)34(4)12-15/h5-8,13,15,18,20H,9-12H2,1-4H3,(H2,27,30)(H2,28,31)(H,29,36)(H,32,37)(H,39,40,41)/b33-19-/t15-,18-,20+/m0/s1. The Labute approximate surface area is 268 Å². The van der Waals surface area contributed by atoms with Crippen LogP contribution in [0.3, 0.4) is 0 Å². The van der Waals surface area contributed by atoms with Crippen molar-refractivity contribution in [1.29, 1.82) is 0 Å². The number of thiazole rings is 1. The molecule has 7 N–H and O–H groups in total. The molecule has 0 spiro atoms. The summed E-state index contributed by atoms with van der Waals surface area (Å²) in [5, 5.41) is 11.0. The number of amidine groups is 1. The van der Waals surface area contributed by atoms with Gasteiger partial charge in [-0.25, -0.2) is 4.98 Å². The number of likely N-dealkylation sites (N-methyl/N-ethyl adjacent to an activating group) is 2. The Bertz CT molecular complexity index is 1630. The predicted molar refractivity (Wildman–Crippen MR) is 166 cm³/mol. The van der Waals surface area contributed by atoms with Gasteiger partial charge in [-0.2, -0.15) is 13.5 Å². The van der Waals surface area contributed by atoms with E-state index in [0.29, 0.717) is 35.2 Å². The number of ether oxygens (including phenoxy) is 1. The Balaban J connectivity index is 1.31. The fourth-order valence-electron chi connectivity index (χ4n) is 4.86. The maximum atomic E-state index is 13.1. The van der Waals surface area contributed by atoms with E-state index < -0.39 is 33.8 Å². The first kappa shape index (κ1) is 34.5. The highest BCUT2D eigenvalue weighted by atomic mass is 32.3. The summed E-state index contributed by atoms with van der Waals surface area (Å²) in [6.45, 7) is 3.42. The van der Waals surface area contributed by atoms with Crippen LogP contribution in [0.4, 0.5) is 5.13 Å². The van der Waals surface area contributed by atoms with Crippen molar-refractivity contribution >= 4 is 56.1 Å². The molecule has 3 atom stereocenters. The molecule has 0 radical (unpaired) electrons. The summed E-state index contributed by atoms with van der Waals surface area (Å²) in [6.07, 6.45) is 0.571. The van der Waals surface area contributed by atoms with Gasteiger partial charge in [0.05, 0.1) is 17.6 Å². The van der Waals surface area contributed by atoms with E-state index in [1.165, 1.54) is 19.2 Å². The Kier molecular flexibility index (Phi) is 10.5. The monoisotopic (exact) mass is 681 g/mol. The molecule has 3 heterocycles. The minimum Gasteiger partial charge on any atom is -0.490 e. The highest BCUT2D eigenvalue weighted by Crippen LogP contribution is 2.33. The van der Waals surface area contributed by atoms with Gasteiger partial charge in [0.15, 0.2) is 17.5 Å². The van der Waals surface area contributed by atoms with Gasteiger partial charge in [0, 0.05) is 24.5 Å². The zero-order valence-corrected chi connectivity index (χ0v) is 27.0. The van der Waals surface area contributed by atoms with Crippen LogP contribution < -0.4 is 26.8 Å². The first-order valence-corrected chi connectivity index (χ1v) is 16.1. The van der Waals surface area contributed by atoms with Crippen LogP contribution >= 0.6 is 11.3 Å². The quantitative estimate of drug-likeness (QED) is 0.0420. The molecule has 1 aromatic carbocycles. The van der Waals surface area contributed by atoms with Gasteiger partial charge in [0.1, 0.15) is 29.9 Å². The van der Waals surface area contributed by atoms with E-state index in [2.05, 4.69) is 30.0 Å². The third-order valence-electron chi connectivity index (χ3n) is 7.25. The summed E-state index contributed by atoms with van der Waals surface area (Å²) in [5.74, 6) is -0.967. The molecular weight excluding hydrogens is 646 g/mol. The van der Waals surface area contributed by atoms with Crippen molar-refractivity contribution in [3.8, 4) is 5.75 Å². The number of rotatable bonds is 13. The largest absolute Gasteiger partial charge is 0.490 e. The van der Waals surface area contributed by atoms with Gasteiger partial charge in [-0.3, -0.25) is 28.8 Å². The van der Waals surface area contributed by atoms with Crippen molar-refractivity contribution in [2.45, 2.75) is 43.9 Å². The average molecular weight is 682 g/mol. The van der Waals surface area contributed by atoms with E-state index >= 15 is 0 Å². The number of hydrogen-bond donors (Lipinski definition) is 5. The van der Waals surface area contributed by atoms with Crippen LogP contribution in [0.5, 0.6) is 5.75 Å². The first-order valence-electron chi connectivity index (χ1n) is 13.8. The number of likely N-dealkylation sites (tertiary alicyclic amines) is 1. The molecule has 2 aliphatic rings. The Morgan fingerprint density at radius 1 is 1.24 bits per heavy atom. The molecule has 2 aliphatic heterocycles. The van der Waals surface area contributed by atoms with E-state index in [1.54, 1.807) is 31.3 Å². The molecule has 3 amide bonds. The number of nitrogens with two attached hydrogens (primary N) is 2. The summed E-state index contributed by atoms with van der Waals surface area (Å²) in [6, 6.07) is 5.34. The molecule has 20 heteroatoms. The number of hydroxylamine groups is 2. The van der Waals surface area contributed by atoms with Crippen LogP contribution in [-0.2, 0) is 33.9 Å². The molecule has 0 bridgehead atoms. The number of aromatic nitrogens is 1. The molecule has 0 aliphatic carbocycles. The molecule has 18 nitrogen and oxygen atoms in total. The van der Waals surface area contributed by atoms with Crippen molar-refractivity contribution in [2.24, 2.45) is 15.9 Å². The number of anilines is 1. The number of oxime groups is 1. The molecule has 2 aromatic rings. The molecule has 1 aromatic heterocycles. The number of hydrogen-bond acceptors (Lipinski definition) is 14. The second-order valence-corrected chi connectivity index (χ2v) is 12.8. The highest BCUT2D eigenvalue weighted by Gasteiger charge is 2.58. The molecule has 0 saturated carbocycles. The lowest BCUT2D eigenvalue weighted by molar-refractivity contribution is -0.218. The van der Waals surface area contributed by atoms with Crippen LogP contribution in [0.1, 0.15) is 31.5 Å². The SMILES string of the molecule is CNC(=O)[C@@H]1C[C@H](N=C(N)c2ccc(OCCO/N=C(\C(=O)N[C@@H]3C(=O)N(OS(=O)(=O)O)C3(C)C)c3csc(N)n3)cc2)CN1C. The van der Waals surface area contributed by atoms with Crippen molar-refractivity contribution in [3.63, 3.8) is 0 Å². The third kappa shape index (κ3) is 8.07. The average Bonchev–Trinajstić information content (AvgIpc) is 3.59. The Hall–Kier alpha value is -4.37. The number of carbonyl (C=O) groups is 3. The number of nitrogens with zero attached hydrogens (tertiary/aromatic N) is 5. The Morgan fingerprint density at radius 3 is 2.52 bits per heavy atom. The normalized spacial score (nSPS) is 21.9. The van der Waals surface area contributed by atoms with Crippen LogP contribution in [0, 0.1) is 0 Å². The second-order valence-electron chi connectivity index (χ2n) is 10.9. The van der Waals surface area contributed by atoms with Crippen molar-refractivity contribution < 1.29 is 41.2 Å². The molecule has 0 unspecified atom stereocenters. The smallest absolute Gasteiger partial charge is 0.418 e. The number of nitrogens with one attached hydrogen (secondary N) is 2. The van der Waals surface area contributed by atoms with Crippen LogP contribution in [0.25, 0.3) is 0 Å². The third-order valence-corrected chi connectivity index (χ3v) is 8.26. The van der Waals surface area contributed by atoms with Gasteiger partial charge in [-0.15, -0.1) is 15.6 Å². The number of β-lactam (4-membered cyclic amide) rings is 1. The molecule has 4 rings (SSSR count). The van der Waals surface area contributed by atoms with Gasteiger partial charge in [-0.1, -0.05) is 5.16 Å². The van der Waals surface area contributed by atoms with Crippen LogP contribution in [0.2, 0.25) is 0 Å². The second kappa shape index (κ2) is 14.0. The van der Waals surface area contributed by atoms with Crippen molar-refractivity contribution in [3.05, 3.63) is 40.9 Å². The van der Waals surface area contributed by atoms with Crippen molar-refractivity contribution in [1.82, 2.24) is 25.6 Å². The molecule has 2 saturated heterocycles. The lowest BCUT2D eigenvalue weighted by Crippen LogP contribution is -2.76. The summed E-state index contributed by atoms with van der Waals surface area (Å²) < 4.78 is 41.0. The topological polar surface area (TPSA) is 253 Å².